The monoisotopic (exact) mass is 270 g/mol. The van der Waals surface area contributed by atoms with Gasteiger partial charge < -0.3 is 0 Å². The maximum atomic E-state index is 8.01. The molecule has 14 heavy (non-hydrogen) atoms. The van der Waals surface area contributed by atoms with Crippen LogP contribution in [0.5, 0.6) is 0 Å². The number of halogens is 2. The van der Waals surface area contributed by atoms with Crippen LogP contribution in [0, 0.1) is 11.8 Å². The molecule has 0 saturated carbocycles. The number of rotatable bonds is 1. The van der Waals surface area contributed by atoms with Gasteiger partial charge in [0.1, 0.15) is 5.15 Å². The van der Waals surface area contributed by atoms with Crippen LogP contribution in [0.25, 0.3) is 10.4 Å². The van der Waals surface area contributed by atoms with Crippen LogP contribution in [-0.2, 0) is 0 Å². The van der Waals surface area contributed by atoms with Gasteiger partial charge in [-0.05, 0) is 27.5 Å². The van der Waals surface area contributed by atoms with Gasteiger partial charge in [-0.25, -0.2) is 4.98 Å². The van der Waals surface area contributed by atoms with E-state index in [2.05, 4.69) is 42.8 Å². The predicted molar refractivity (Wildman–Crippen MR) is 57.8 cm³/mol. The first kappa shape index (κ1) is 10.9. The van der Waals surface area contributed by atoms with Crippen LogP contribution < -0.4 is 0 Å². The van der Waals surface area contributed by atoms with Crippen LogP contribution in [0.2, 0.25) is 5.15 Å². The fourth-order valence-corrected chi connectivity index (χ4v) is 1.18. The summed E-state index contributed by atoms with van der Waals surface area (Å²) in [6, 6.07) is 1.63. The Bertz CT molecular complexity index is 442. The third-order valence-electron chi connectivity index (χ3n) is 1.26. The van der Waals surface area contributed by atoms with Gasteiger partial charge in [0.25, 0.3) is 0 Å². The van der Waals surface area contributed by atoms with Crippen molar-refractivity contribution in [2.75, 3.05) is 6.54 Å². The fourth-order valence-electron chi connectivity index (χ4n) is 0.711. The zero-order valence-corrected chi connectivity index (χ0v) is 9.25. The summed E-state index contributed by atoms with van der Waals surface area (Å²) in [4.78, 5) is 6.43. The molecule has 0 radical (unpaired) electrons. The second-order valence-corrected chi connectivity index (χ2v) is 3.42. The van der Waals surface area contributed by atoms with Crippen molar-refractivity contribution in [2.45, 2.75) is 0 Å². The summed E-state index contributed by atoms with van der Waals surface area (Å²) in [5, 5.41) is 3.66. The third-order valence-corrected chi connectivity index (χ3v) is 2.10. The van der Waals surface area contributed by atoms with E-state index < -0.39 is 0 Å². The molecule has 0 bridgehead atoms. The molecule has 0 N–H and O–H groups in total. The molecule has 0 aliphatic rings. The first-order valence-electron chi connectivity index (χ1n) is 3.55. The minimum atomic E-state index is 0.142. The predicted octanol–water partition coefficient (Wildman–Crippen LogP) is 3.16. The topological polar surface area (TPSA) is 61.7 Å². The molecule has 1 heterocycles. The van der Waals surface area contributed by atoms with Crippen molar-refractivity contribution in [1.82, 2.24) is 4.98 Å². The van der Waals surface area contributed by atoms with E-state index in [1.807, 2.05) is 0 Å². The Labute approximate surface area is 94.0 Å². The molecule has 1 rings (SSSR count). The summed E-state index contributed by atoms with van der Waals surface area (Å²) >= 11 is 8.95. The van der Waals surface area contributed by atoms with Gasteiger partial charge in [0.15, 0.2) is 0 Å². The number of pyridine rings is 1. The lowest BCUT2D eigenvalue weighted by atomic mass is 10.3. The van der Waals surface area contributed by atoms with Crippen molar-refractivity contribution in [1.29, 1.82) is 0 Å². The largest absolute Gasteiger partial charge is 0.243 e. The van der Waals surface area contributed by atoms with Gasteiger partial charge in [-0.2, -0.15) is 0 Å². The normalized spacial score (nSPS) is 8.43. The van der Waals surface area contributed by atoms with Gasteiger partial charge in [-0.15, -0.1) is 0 Å². The van der Waals surface area contributed by atoms with E-state index in [9.17, 15) is 0 Å². The van der Waals surface area contributed by atoms with Gasteiger partial charge in [-0.1, -0.05) is 28.6 Å². The number of aromatic nitrogens is 1. The quantitative estimate of drug-likeness (QED) is 0.254. The van der Waals surface area contributed by atoms with Gasteiger partial charge in [0.05, 0.1) is 11.0 Å². The minimum absolute atomic E-state index is 0.142. The molecular weight excluding hydrogens is 267 g/mol. The van der Waals surface area contributed by atoms with E-state index in [0.717, 1.165) is 10.0 Å². The van der Waals surface area contributed by atoms with Crippen LogP contribution >= 0.6 is 27.5 Å². The highest BCUT2D eigenvalue weighted by Crippen LogP contribution is 2.17. The molecule has 0 aliphatic heterocycles. The maximum absolute atomic E-state index is 8.01. The second-order valence-electron chi connectivity index (χ2n) is 2.18. The highest BCUT2D eigenvalue weighted by atomic mass is 79.9. The van der Waals surface area contributed by atoms with Crippen LogP contribution in [0.4, 0.5) is 0 Å². The highest BCUT2D eigenvalue weighted by molar-refractivity contribution is 9.10. The summed E-state index contributed by atoms with van der Waals surface area (Å²) in [5.74, 6) is 5.49. The lowest BCUT2D eigenvalue weighted by Crippen LogP contribution is -1.81. The van der Waals surface area contributed by atoms with E-state index in [4.69, 9.17) is 17.1 Å². The maximum Gasteiger partial charge on any atom is 0.130 e. The minimum Gasteiger partial charge on any atom is -0.243 e. The van der Waals surface area contributed by atoms with E-state index in [-0.39, 0.29) is 6.54 Å². The molecule has 0 aliphatic carbocycles. The highest BCUT2D eigenvalue weighted by Gasteiger charge is 1.97. The molecule has 4 nitrogen and oxygen atoms in total. The number of hydrogen-bond acceptors (Lipinski definition) is 2. The van der Waals surface area contributed by atoms with Gasteiger partial charge in [0, 0.05) is 16.7 Å². The van der Waals surface area contributed by atoms with Crippen LogP contribution in [-0.4, -0.2) is 11.5 Å². The molecule has 0 aromatic carbocycles. The van der Waals surface area contributed by atoms with E-state index in [0.29, 0.717) is 5.15 Å². The van der Waals surface area contributed by atoms with Crippen LogP contribution in [0.3, 0.4) is 0 Å². The second kappa shape index (κ2) is 5.51. The average Bonchev–Trinajstić information content (AvgIpc) is 2.18. The third kappa shape index (κ3) is 3.27. The standard InChI is InChI=1S/C8H4BrClN4/c9-7-5-12-8(10)4-6(7)2-1-3-13-14-11/h4-5H,3H2. The van der Waals surface area contributed by atoms with E-state index in [1.54, 1.807) is 12.3 Å². The summed E-state index contributed by atoms with van der Waals surface area (Å²) in [6.45, 7) is 0.142. The Balaban J connectivity index is 2.88. The van der Waals surface area contributed by atoms with Crippen LogP contribution in [0.15, 0.2) is 21.9 Å². The molecule has 1 aromatic rings. The number of nitrogens with zero attached hydrogens (tertiary/aromatic N) is 4. The Morgan fingerprint density at radius 2 is 2.50 bits per heavy atom. The molecule has 0 fully saturated rings. The van der Waals surface area contributed by atoms with Crippen LogP contribution in [0.1, 0.15) is 5.56 Å². The van der Waals surface area contributed by atoms with Crippen molar-refractivity contribution in [3.63, 3.8) is 0 Å². The molecule has 0 atom stereocenters. The first-order chi connectivity index (χ1) is 6.74. The van der Waals surface area contributed by atoms with Crippen molar-refractivity contribution >= 4 is 27.5 Å². The molecular formula is C8H4BrClN4. The zero-order chi connectivity index (χ0) is 10.4. The molecule has 6 heteroatoms. The van der Waals surface area contributed by atoms with E-state index >= 15 is 0 Å². The Morgan fingerprint density at radius 3 is 3.21 bits per heavy atom. The summed E-state index contributed by atoms with van der Waals surface area (Å²) in [7, 11) is 0. The van der Waals surface area contributed by atoms with Crippen molar-refractivity contribution in [2.24, 2.45) is 5.11 Å². The molecule has 1 aromatic heterocycles. The SMILES string of the molecule is [N-]=[N+]=NCC#Cc1cc(Cl)ncc1Br. The van der Waals surface area contributed by atoms with Gasteiger partial charge >= 0.3 is 0 Å². The Morgan fingerprint density at radius 1 is 1.71 bits per heavy atom. The molecule has 70 valence electrons. The lowest BCUT2D eigenvalue weighted by molar-refractivity contribution is 1.25. The van der Waals surface area contributed by atoms with Crippen molar-refractivity contribution < 1.29 is 0 Å². The van der Waals surface area contributed by atoms with E-state index in [1.165, 1.54) is 0 Å². The average molecular weight is 272 g/mol. The Hall–Kier alpha value is -1.21. The molecule has 0 amide bonds. The smallest absolute Gasteiger partial charge is 0.130 e. The summed E-state index contributed by atoms with van der Waals surface area (Å²) < 4.78 is 0.760. The Kier molecular flexibility index (Phi) is 4.27. The summed E-state index contributed by atoms with van der Waals surface area (Å²) in [6.07, 6.45) is 1.57. The van der Waals surface area contributed by atoms with Crippen molar-refractivity contribution in [3.8, 4) is 11.8 Å². The van der Waals surface area contributed by atoms with Gasteiger partial charge in [0.2, 0.25) is 0 Å². The van der Waals surface area contributed by atoms with Gasteiger partial charge in [-0.3, -0.25) is 0 Å². The molecule has 0 unspecified atom stereocenters. The van der Waals surface area contributed by atoms with Crippen molar-refractivity contribution in [3.05, 3.63) is 37.9 Å². The molecule has 0 spiro atoms. The lowest BCUT2D eigenvalue weighted by Gasteiger charge is -1.94. The zero-order valence-electron chi connectivity index (χ0n) is 6.91. The first-order valence-corrected chi connectivity index (χ1v) is 4.72. The molecule has 0 saturated heterocycles. The summed E-state index contributed by atoms with van der Waals surface area (Å²) in [5.41, 5.74) is 8.73. The fraction of sp³-hybridized carbons (Fsp3) is 0.125. The number of hydrogen-bond donors (Lipinski definition) is 0. The number of azide groups is 1.